The van der Waals surface area contributed by atoms with Gasteiger partial charge in [-0.25, -0.2) is 4.68 Å². The number of aliphatic hydroxyl groups is 1. The molecule has 194 valence electrons. The van der Waals surface area contributed by atoms with Gasteiger partial charge in [0.2, 0.25) is 5.88 Å². The predicted molar refractivity (Wildman–Crippen MR) is 141 cm³/mol. The molecule has 4 aromatic rings. The molecule has 8 heteroatoms. The van der Waals surface area contributed by atoms with Gasteiger partial charge in [-0.15, -0.1) is 6.58 Å². The number of benzene rings is 2. The summed E-state index contributed by atoms with van der Waals surface area (Å²) >= 11 is 0. The topological polar surface area (TPSA) is 82.1 Å². The van der Waals surface area contributed by atoms with Crippen LogP contribution >= 0.6 is 0 Å². The Morgan fingerprint density at radius 3 is 2.49 bits per heavy atom. The summed E-state index contributed by atoms with van der Waals surface area (Å²) in [6.07, 6.45) is 2.62. The highest BCUT2D eigenvalue weighted by molar-refractivity contribution is 5.44. The third-order valence-corrected chi connectivity index (χ3v) is 5.77. The van der Waals surface area contributed by atoms with Crippen molar-refractivity contribution in [1.29, 1.82) is 0 Å². The fourth-order valence-electron chi connectivity index (χ4n) is 3.99. The third-order valence-electron chi connectivity index (χ3n) is 5.77. The van der Waals surface area contributed by atoms with Crippen LogP contribution in [0.25, 0.3) is 5.69 Å². The van der Waals surface area contributed by atoms with Crippen LogP contribution < -0.4 is 9.47 Å². The quantitative estimate of drug-likeness (QED) is 0.188. The second-order valence-electron chi connectivity index (χ2n) is 8.62. The van der Waals surface area contributed by atoms with Crippen molar-refractivity contribution < 1.29 is 23.7 Å². The zero-order valence-corrected chi connectivity index (χ0v) is 21.2. The molecule has 0 saturated carbocycles. The first-order valence-corrected chi connectivity index (χ1v) is 12.1. The number of hydrogen-bond donors (Lipinski definition) is 1. The zero-order valence-electron chi connectivity index (χ0n) is 21.2. The van der Waals surface area contributed by atoms with Gasteiger partial charge in [-0.3, -0.25) is 4.90 Å². The van der Waals surface area contributed by atoms with E-state index in [9.17, 15) is 5.11 Å². The Labute approximate surface area is 217 Å². The Morgan fingerprint density at radius 1 is 1.05 bits per heavy atom. The van der Waals surface area contributed by atoms with E-state index in [0.717, 1.165) is 28.5 Å². The zero-order chi connectivity index (χ0) is 26.0. The molecule has 37 heavy (non-hydrogen) atoms. The number of aryl methyl sites for hydroxylation is 1. The lowest BCUT2D eigenvalue weighted by Gasteiger charge is -2.24. The molecule has 2 heterocycles. The molecular weight excluding hydrogens is 470 g/mol. The van der Waals surface area contributed by atoms with Gasteiger partial charge in [-0.05, 0) is 55.5 Å². The minimum atomic E-state index is -0.689. The fourth-order valence-corrected chi connectivity index (χ4v) is 3.99. The standard InChI is InChI=1S/C29H33N3O5/c1-4-16-35-21-24(33)18-31(19-27-11-8-17-36-27)20-28-22(2)30-32(23-9-6-5-7-10-23)29(28)37-26-14-12-25(34-3)13-15-26/h4-15,17,24,33H,1,16,18-21H2,2-3H3/t24-/m1/s1. The molecule has 0 unspecified atom stereocenters. The number of para-hydroxylation sites is 1. The number of rotatable bonds is 14. The van der Waals surface area contributed by atoms with Crippen molar-refractivity contribution in [3.8, 4) is 23.1 Å². The lowest BCUT2D eigenvalue weighted by atomic mass is 10.2. The lowest BCUT2D eigenvalue weighted by Crippen LogP contribution is -2.34. The van der Waals surface area contributed by atoms with Gasteiger partial charge in [-0.1, -0.05) is 24.3 Å². The van der Waals surface area contributed by atoms with E-state index < -0.39 is 6.10 Å². The smallest absolute Gasteiger partial charge is 0.227 e. The van der Waals surface area contributed by atoms with Crippen molar-refractivity contribution in [3.05, 3.63) is 103 Å². The second kappa shape index (κ2) is 12.9. The largest absolute Gasteiger partial charge is 0.497 e. The molecular formula is C29H33N3O5. The molecule has 0 spiro atoms. The SMILES string of the molecule is C=CCOC[C@H](O)CN(Cc1ccco1)Cc1c(C)nn(-c2ccccc2)c1Oc1ccc(OC)cc1. The van der Waals surface area contributed by atoms with Crippen LogP contribution in [0.2, 0.25) is 0 Å². The van der Waals surface area contributed by atoms with Gasteiger partial charge in [0.15, 0.2) is 0 Å². The molecule has 0 fully saturated rings. The Balaban J connectivity index is 1.66. The molecule has 0 aliphatic carbocycles. The van der Waals surface area contributed by atoms with Crippen molar-refractivity contribution in [1.82, 2.24) is 14.7 Å². The highest BCUT2D eigenvalue weighted by atomic mass is 16.5. The highest BCUT2D eigenvalue weighted by Gasteiger charge is 2.23. The van der Waals surface area contributed by atoms with Crippen molar-refractivity contribution in [2.75, 3.05) is 26.9 Å². The highest BCUT2D eigenvalue weighted by Crippen LogP contribution is 2.32. The van der Waals surface area contributed by atoms with Crippen LogP contribution in [0, 0.1) is 6.92 Å². The van der Waals surface area contributed by atoms with Gasteiger partial charge in [0.25, 0.3) is 0 Å². The average molecular weight is 504 g/mol. The van der Waals surface area contributed by atoms with Crippen LogP contribution in [0.4, 0.5) is 0 Å². The molecule has 2 aromatic heterocycles. The molecule has 1 N–H and O–H groups in total. The van der Waals surface area contributed by atoms with E-state index >= 15 is 0 Å². The summed E-state index contributed by atoms with van der Waals surface area (Å²) in [5.74, 6) is 2.81. The second-order valence-corrected chi connectivity index (χ2v) is 8.62. The number of aromatic nitrogens is 2. The number of hydrogen-bond acceptors (Lipinski definition) is 7. The number of furan rings is 1. The van der Waals surface area contributed by atoms with Crippen molar-refractivity contribution in [2.45, 2.75) is 26.1 Å². The maximum absolute atomic E-state index is 10.7. The predicted octanol–water partition coefficient (Wildman–Crippen LogP) is 5.14. The number of aliphatic hydroxyl groups excluding tert-OH is 1. The first-order valence-electron chi connectivity index (χ1n) is 12.1. The van der Waals surface area contributed by atoms with Crippen molar-refractivity contribution in [3.63, 3.8) is 0 Å². The Kier molecular flexibility index (Phi) is 9.15. The van der Waals surface area contributed by atoms with Gasteiger partial charge in [0.1, 0.15) is 17.3 Å². The summed E-state index contributed by atoms with van der Waals surface area (Å²) in [4.78, 5) is 2.10. The van der Waals surface area contributed by atoms with Crippen LogP contribution in [0.3, 0.4) is 0 Å². The minimum absolute atomic E-state index is 0.206. The summed E-state index contributed by atoms with van der Waals surface area (Å²) < 4.78 is 24.6. The maximum atomic E-state index is 10.7. The molecule has 0 aliphatic rings. The Hall–Kier alpha value is -3.85. The number of methoxy groups -OCH3 is 1. The van der Waals surface area contributed by atoms with E-state index in [1.165, 1.54) is 0 Å². The molecule has 4 rings (SSSR count). The Bertz CT molecular complexity index is 1240. The molecule has 0 amide bonds. The molecule has 2 aromatic carbocycles. The van der Waals surface area contributed by atoms with E-state index in [0.29, 0.717) is 37.9 Å². The van der Waals surface area contributed by atoms with E-state index in [4.69, 9.17) is 23.7 Å². The van der Waals surface area contributed by atoms with Crippen LogP contribution in [0.1, 0.15) is 17.0 Å². The minimum Gasteiger partial charge on any atom is -0.497 e. The van der Waals surface area contributed by atoms with E-state index in [1.54, 1.807) is 19.4 Å². The third kappa shape index (κ3) is 7.10. The van der Waals surface area contributed by atoms with Gasteiger partial charge in [0, 0.05) is 13.1 Å². The van der Waals surface area contributed by atoms with Crippen molar-refractivity contribution in [2.24, 2.45) is 0 Å². The van der Waals surface area contributed by atoms with Crippen molar-refractivity contribution >= 4 is 0 Å². The monoisotopic (exact) mass is 503 g/mol. The molecule has 1 atom stereocenters. The van der Waals surface area contributed by atoms with Gasteiger partial charge in [0.05, 0.1) is 56.2 Å². The van der Waals surface area contributed by atoms with Crippen LogP contribution in [0.5, 0.6) is 17.4 Å². The van der Waals surface area contributed by atoms with Gasteiger partial charge in [-0.2, -0.15) is 5.10 Å². The lowest BCUT2D eigenvalue weighted by molar-refractivity contribution is 0.0214. The summed E-state index contributed by atoms with van der Waals surface area (Å²) in [5, 5.41) is 15.5. The summed E-state index contributed by atoms with van der Waals surface area (Å²) in [5.41, 5.74) is 2.62. The normalized spacial score (nSPS) is 12.0. The van der Waals surface area contributed by atoms with Crippen LogP contribution in [-0.4, -0.2) is 52.8 Å². The number of nitrogens with zero attached hydrogens (tertiary/aromatic N) is 3. The van der Waals surface area contributed by atoms with Crippen LogP contribution in [-0.2, 0) is 17.8 Å². The molecule has 0 radical (unpaired) electrons. The summed E-state index contributed by atoms with van der Waals surface area (Å²) in [7, 11) is 1.63. The Morgan fingerprint density at radius 2 is 1.81 bits per heavy atom. The van der Waals surface area contributed by atoms with E-state index in [-0.39, 0.29) is 6.61 Å². The summed E-state index contributed by atoms with van der Waals surface area (Å²) in [6.45, 7) is 7.56. The molecule has 0 aliphatic heterocycles. The molecule has 8 nitrogen and oxygen atoms in total. The maximum Gasteiger partial charge on any atom is 0.227 e. The number of ether oxygens (including phenoxy) is 3. The summed E-state index contributed by atoms with van der Waals surface area (Å²) in [6, 6.07) is 21.1. The van der Waals surface area contributed by atoms with E-state index in [2.05, 4.69) is 11.5 Å². The molecule has 0 saturated heterocycles. The molecule has 0 bridgehead atoms. The van der Waals surface area contributed by atoms with Crippen LogP contribution in [0.15, 0.2) is 90.1 Å². The van der Waals surface area contributed by atoms with E-state index in [1.807, 2.05) is 78.3 Å². The first kappa shape index (κ1) is 26.2. The van der Waals surface area contributed by atoms with Gasteiger partial charge >= 0.3 is 0 Å². The van der Waals surface area contributed by atoms with Gasteiger partial charge < -0.3 is 23.7 Å². The average Bonchev–Trinajstić information content (AvgIpc) is 3.53. The first-order chi connectivity index (χ1) is 18.1. The fraction of sp³-hybridized carbons (Fsp3) is 0.276.